The quantitative estimate of drug-likeness (QED) is 0.579. The number of hydrogen-bond acceptors (Lipinski definition) is 5. The Kier molecular flexibility index (Phi) is 5.67. The number of aromatic nitrogens is 2. The summed E-state index contributed by atoms with van der Waals surface area (Å²) in [5, 5.41) is 5.64. The van der Waals surface area contributed by atoms with Crippen molar-refractivity contribution in [2.45, 2.75) is 19.5 Å². The van der Waals surface area contributed by atoms with Crippen LogP contribution in [0.4, 0.5) is 36.3 Å². The van der Waals surface area contributed by atoms with Gasteiger partial charge in [0.2, 0.25) is 5.95 Å². The standard InChI is InChI=1S/C20H19F3N4O/c1-3-13-7-9-14(10-8-13)26-19-24-12-17(20(21,22)23)18(27-19)25-15-5-4-6-16(11-15)28-2/h4-12H,3H2,1-2H3,(H2,24,25,26,27). The minimum absolute atomic E-state index is 0.0580. The van der Waals surface area contributed by atoms with Crippen molar-refractivity contribution in [2.24, 2.45) is 0 Å². The van der Waals surface area contributed by atoms with Crippen molar-refractivity contribution in [1.82, 2.24) is 9.97 Å². The van der Waals surface area contributed by atoms with Crippen molar-refractivity contribution < 1.29 is 17.9 Å². The van der Waals surface area contributed by atoms with Gasteiger partial charge < -0.3 is 15.4 Å². The number of methoxy groups -OCH3 is 1. The Hall–Kier alpha value is -3.29. The second kappa shape index (κ2) is 8.16. The number of benzene rings is 2. The zero-order valence-electron chi connectivity index (χ0n) is 15.3. The molecule has 1 aromatic heterocycles. The molecule has 2 aromatic carbocycles. The predicted molar refractivity (Wildman–Crippen MR) is 102 cm³/mol. The lowest BCUT2D eigenvalue weighted by molar-refractivity contribution is -0.137. The number of nitrogens with zero attached hydrogens (tertiary/aromatic N) is 2. The third-order valence-electron chi connectivity index (χ3n) is 4.04. The summed E-state index contributed by atoms with van der Waals surface area (Å²) in [6, 6.07) is 14.1. The number of nitrogens with one attached hydrogen (secondary N) is 2. The van der Waals surface area contributed by atoms with Gasteiger partial charge in [-0.25, -0.2) is 4.98 Å². The third-order valence-corrected chi connectivity index (χ3v) is 4.04. The summed E-state index contributed by atoms with van der Waals surface area (Å²) in [4.78, 5) is 7.85. The van der Waals surface area contributed by atoms with E-state index < -0.39 is 11.7 Å². The van der Waals surface area contributed by atoms with Gasteiger partial charge in [-0.3, -0.25) is 0 Å². The van der Waals surface area contributed by atoms with E-state index in [1.54, 1.807) is 24.3 Å². The Morgan fingerprint density at radius 2 is 1.75 bits per heavy atom. The number of rotatable bonds is 6. The Balaban J connectivity index is 1.91. The third kappa shape index (κ3) is 4.70. The van der Waals surface area contributed by atoms with Gasteiger partial charge in [-0.2, -0.15) is 18.2 Å². The largest absolute Gasteiger partial charge is 0.497 e. The Morgan fingerprint density at radius 3 is 2.39 bits per heavy atom. The Labute approximate surface area is 160 Å². The number of anilines is 4. The summed E-state index contributed by atoms with van der Waals surface area (Å²) < 4.78 is 45.2. The van der Waals surface area contributed by atoms with E-state index >= 15 is 0 Å². The second-order valence-corrected chi connectivity index (χ2v) is 5.99. The number of alkyl halides is 3. The van der Waals surface area contributed by atoms with Crippen LogP contribution in [0.5, 0.6) is 5.75 Å². The molecule has 0 fully saturated rings. The van der Waals surface area contributed by atoms with E-state index in [0.717, 1.165) is 18.2 Å². The monoisotopic (exact) mass is 388 g/mol. The van der Waals surface area contributed by atoms with Crippen molar-refractivity contribution in [2.75, 3.05) is 17.7 Å². The predicted octanol–water partition coefficient (Wildman–Crippen LogP) is 5.55. The average Bonchev–Trinajstić information content (AvgIpc) is 2.68. The van der Waals surface area contributed by atoms with Gasteiger partial charge in [0.05, 0.1) is 7.11 Å². The lowest BCUT2D eigenvalue weighted by atomic mass is 10.1. The molecule has 0 aliphatic carbocycles. The highest BCUT2D eigenvalue weighted by Crippen LogP contribution is 2.35. The average molecular weight is 388 g/mol. The molecule has 0 aliphatic rings. The molecule has 8 heteroatoms. The topological polar surface area (TPSA) is 59.1 Å². The molecule has 0 radical (unpaired) electrons. The molecule has 0 amide bonds. The molecule has 0 aliphatic heterocycles. The van der Waals surface area contributed by atoms with Gasteiger partial charge in [0.1, 0.15) is 17.1 Å². The first-order valence-corrected chi connectivity index (χ1v) is 8.60. The molecule has 0 spiro atoms. The minimum Gasteiger partial charge on any atom is -0.497 e. The molecule has 3 aromatic rings. The van der Waals surface area contributed by atoms with E-state index in [0.29, 0.717) is 17.1 Å². The lowest BCUT2D eigenvalue weighted by Crippen LogP contribution is -2.12. The molecule has 5 nitrogen and oxygen atoms in total. The van der Waals surface area contributed by atoms with Gasteiger partial charge >= 0.3 is 6.18 Å². The maximum Gasteiger partial charge on any atom is 0.421 e. The first-order chi connectivity index (χ1) is 13.4. The second-order valence-electron chi connectivity index (χ2n) is 5.99. The Morgan fingerprint density at radius 1 is 1.00 bits per heavy atom. The van der Waals surface area contributed by atoms with Gasteiger partial charge in [-0.05, 0) is 36.2 Å². The molecule has 2 N–H and O–H groups in total. The van der Waals surface area contributed by atoms with E-state index in [-0.39, 0.29) is 11.8 Å². The van der Waals surface area contributed by atoms with Crippen LogP contribution < -0.4 is 15.4 Å². The van der Waals surface area contributed by atoms with Crippen molar-refractivity contribution in [3.63, 3.8) is 0 Å². The molecule has 0 unspecified atom stereocenters. The van der Waals surface area contributed by atoms with Gasteiger partial charge in [-0.15, -0.1) is 0 Å². The fraction of sp³-hybridized carbons (Fsp3) is 0.200. The van der Waals surface area contributed by atoms with Gasteiger partial charge in [0.25, 0.3) is 0 Å². The van der Waals surface area contributed by atoms with E-state index in [1.165, 1.54) is 7.11 Å². The normalized spacial score (nSPS) is 11.2. The summed E-state index contributed by atoms with van der Waals surface area (Å²) in [5.41, 5.74) is 1.30. The van der Waals surface area contributed by atoms with Gasteiger partial charge in [-0.1, -0.05) is 25.1 Å². The minimum atomic E-state index is -4.59. The molecular weight excluding hydrogens is 369 g/mol. The van der Waals surface area contributed by atoms with E-state index in [4.69, 9.17) is 4.74 Å². The number of hydrogen-bond donors (Lipinski definition) is 2. The summed E-state index contributed by atoms with van der Waals surface area (Å²) in [5.74, 6) is 0.230. The van der Waals surface area contributed by atoms with Gasteiger partial charge in [0, 0.05) is 23.6 Å². The highest BCUT2D eigenvalue weighted by atomic mass is 19.4. The lowest BCUT2D eigenvalue weighted by Gasteiger charge is -2.15. The summed E-state index contributed by atoms with van der Waals surface area (Å²) in [7, 11) is 1.48. The molecule has 0 atom stereocenters. The van der Waals surface area contributed by atoms with Gasteiger partial charge in [0.15, 0.2) is 0 Å². The smallest absolute Gasteiger partial charge is 0.421 e. The molecule has 0 bridgehead atoms. The van der Waals surface area contributed by atoms with Crippen LogP contribution in [-0.2, 0) is 12.6 Å². The maximum absolute atomic E-state index is 13.4. The summed E-state index contributed by atoms with van der Waals surface area (Å²) in [6.45, 7) is 2.04. The first-order valence-electron chi connectivity index (χ1n) is 8.60. The summed E-state index contributed by atoms with van der Waals surface area (Å²) >= 11 is 0. The van der Waals surface area contributed by atoms with E-state index in [2.05, 4.69) is 20.6 Å². The molecule has 1 heterocycles. The highest BCUT2D eigenvalue weighted by Gasteiger charge is 2.35. The number of aryl methyl sites for hydroxylation is 1. The molecule has 0 saturated heterocycles. The molecule has 0 saturated carbocycles. The highest BCUT2D eigenvalue weighted by molar-refractivity contribution is 5.64. The number of ether oxygens (including phenoxy) is 1. The van der Waals surface area contributed by atoms with Crippen molar-refractivity contribution >= 4 is 23.1 Å². The van der Waals surface area contributed by atoms with Crippen LogP contribution in [-0.4, -0.2) is 17.1 Å². The zero-order valence-corrected chi connectivity index (χ0v) is 15.3. The fourth-order valence-corrected chi connectivity index (χ4v) is 2.54. The molecular formula is C20H19F3N4O. The van der Waals surface area contributed by atoms with Crippen LogP contribution in [0.2, 0.25) is 0 Å². The Bertz CT molecular complexity index is 943. The zero-order chi connectivity index (χ0) is 20.1. The van der Waals surface area contributed by atoms with Crippen LogP contribution >= 0.6 is 0 Å². The summed E-state index contributed by atoms with van der Waals surface area (Å²) in [6.07, 6.45) is -2.94. The molecule has 28 heavy (non-hydrogen) atoms. The maximum atomic E-state index is 13.4. The van der Waals surface area contributed by atoms with Crippen molar-refractivity contribution in [1.29, 1.82) is 0 Å². The van der Waals surface area contributed by atoms with E-state index in [1.807, 2.05) is 31.2 Å². The fourth-order valence-electron chi connectivity index (χ4n) is 2.54. The van der Waals surface area contributed by atoms with Crippen molar-refractivity contribution in [3.8, 4) is 5.75 Å². The molecule has 3 rings (SSSR count). The van der Waals surface area contributed by atoms with Crippen LogP contribution in [0.3, 0.4) is 0 Å². The SMILES string of the molecule is CCc1ccc(Nc2ncc(C(F)(F)F)c(Nc3cccc(OC)c3)n2)cc1. The van der Waals surface area contributed by atoms with Crippen LogP contribution in [0, 0.1) is 0 Å². The first kappa shape index (κ1) is 19.5. The van der Waals surface area contributed by atoms with Crippen molar-refractivity contribution in [3.05, 3.63) is 65.9 Å². The van der Waals surface area contributed by atoms with Crippen LogP contribution in [0.15, 0.2) is 54.7 Å². The number of halogens is 3. The molecule has 146 valence electrons. The van der Waals surface area contributed by atoms with Crippen LogP contribution in [0.25, 0.3) is 0 Å². The van der Waals surface area contributed by atoms with E-state index in [9.17, 15) is 13.2 Å². The van der Waals surface area contributed by atoms with Crippen LogP contribution in [0.1, 0.15) is 18.1 Å².